The van der Waals surface area contributed by atoms with Crippen molar-refractivity contribution in [1.82, 2.24) is 59.8 Å². The summed E-state index contributed by atoms with van der Waals surface area (Å²) in [6, 6.07) is 112. The summed E-state index contributed by atoms with van der Waals surface area (Å²) in [6.07, 6.45) is 0. The molecule has 0 fully saturated rings. The summed E-state index contributed by atoms with van der Waals surface area (Å²) < 4.78 is 26.2. The van der Waals surface area contributed by atoms with E-state index in [4.69, 9.17) is 77.5 Å². The average Bonchev–Trinajstić information content (AvgIpc) is 1.58. The number of fused-ring (bicyclic) bond motifs is 12. The van der Waals surface area contributed by atoms with Crippen LogP contribution in [0.1, 0.15) is 0 Å². The Kier molecular flexibility index (Phi) is 15.8. The van der Waals surface area contributed by atoms with Crippen LogP contribution in [0.15, 0.2) is 357 Å². The van der Waals surface area contributed by atoms with E-state index in [0.29, 0.717) is 92.2 Å². The Morgan fingerprint density at radius 1 is 0.134 bits per heavy atom. The predicted octanol–water partition coefficient (Wildman–Crippen LogP) is 23.7. The summed E-state index contributed by atoms with van der Waals surface area (Å²) >= 11 is 0. The number of hydrogen-bond donors (Lipinski definition) is 0. The van der Waals surface area contributed by atoms with Gasteiger partial charge in [0.2, 0.25) is 0 Å². The van der Waals surface area contributed by atoms with Crippen molar-refractivity contribution in [2.24, 2.45) is 0 Å². The van der Waals surface area contributed by atoms with Crippen LogP contribution in [0, 0.1) is 0 Å². The molecule has 112 heavy (non-hydrogen) atoms. The normalized spacial score (nSPS) is 11.6. The Balaban J connectivity index is 0.000000141. The van der Waals surface area contributed by atoms with Gasteiger partial charge in [0.1, 0.15) is 44.7 Å². The largest absolute Gasteiger partial charge is 0.456 e. The highest BCUT2D eigenvalue weighted by molar-refractivity contribution is 6.17. The maximum absolute atomic E-state index is 6.73. The zero-order valence-electron chi connectivity index (χ0n) is 59.3. The Hall–Kier alpha value is -15.7. The van der Waals surface area contributed by atoms with Crippen LogP contribution < -0.4 is 0 Å². The fraction of sp³-hybridized carbons (Fsp3) is 0. The number of aromatic nitrogens is 12. The summed E-state index contributed by atoms with van der Waals surface area (Å²) in [6.45, 7) is 0. The van der Waals surface area contributed by atoms with E-state index in [-0.39, 0.29) is 0 Å². The molecule has 524 valence electrons. The molecule has 0 aliphatic rings. The molecule has 0 bridgehead atoms. The summed E-state index contributed by atoms with van der Waals surface area (Å²) in [4.78, 5) is 60.5. The van der Waals surface area contributed by atoms with Crippen LogP contribution >= 0.6 is 0 Å². The molecule has 8 aromatic heterocycles. The van der Waals surface area contributed by atoms with E-state index in [1.54, 1.807) is 0 Å². The Morgan fingerprint density at radius 3 is 0.688 bits per heavy atom. The van der Waals surface area contributed by atoms with Crippen molar-refractivity contribution >= 4 is 87.8 Å². The Labute approximate surface area is 637 Å². The first-order valence-corrected chi connectivity index (χ1v) is 36.6. The second-order valence-electron chi connectivity index (χ2n) is 26.9. The van der Waals surface area contributed by atoms with Crippen molar-refractivity contribution in [2.45, 2.75) is 0 Å². The molecular formula is C96H56N12O4. The molecule has 0 aliphatic heterocycles. The van der Waals surface area contributed by atoms with Gasteiger partial charge in [-0.05, 0) is 48.5 Å². The maximum atomic E-state index is 6.73. The van der Waals surface area contributed by atoms with E-state index in [1.807, 2.05) is 309 Å². The van der Waals surface area contributed by atoms with Crippen molar-refractivity contribution < 1.29 is 17.7 Å². The minimum absolute atomic E-state index is 0.510. The van der Waals surface area contributed by atoms with Crippen LogP contribution in [-0.4, -0.2) is 59.8 Å². The number of furan rings is 4. The average molecular weight is 1440 g/mol. The van der Waals surface area contributed by atoms with Gasteiger partial charge in [-0.15, -0.1) is 0 Å². The molecule has 22 rings (SSSR count). The number of rotatable bonds is 12. The molecule has 16 nitrogen and oxygen atoms in total. The topological polar surface area (TPSA) is 207 Å². The van der Waals surface area contributed by atoms with Gasteiger partial charge >= 0.3 is 0 Å². The van der Waals surface area contributed by atoms with Gasteiger partial charge < -0.3 is 17.7 Å². The number of para-hydroxylation sites is 5. The zero-order chi connectivity index (χ0) is 74.0. The van der Waals surface area contributed by atoms with E-state index in [1.165, 1.54) is 0 Å². The fourth-order valence-corrected chi connectivity index (χ4v) is 14.8. The minimum atomic E-state index is 0.510. The van der Waals surface area contributed by atoms with Gasteiger partial charge in [0.15, 0.2) is 69.9 Å². The molecule has 0 spiro atoms. The molecule has 0 N–H and O–H groups in total. The lowest BCUT2D eigenvalue weighted by molar-refractivity contribution is 0.668. The molecule has 0 amide bonds. The van der Waals surface area contributed by atoms with Crippen molar-refractivity contribution in [3.8, 4) is 137 Å². The minimum Gasteiger partial charge on any atom is -0.456 e. The third-order valence-electron chi connectivity index (χ3n) is 20.0. The molecule has 14 aromatic carbocycles. The van der Waals surface area contributed by atoms with Gasteiger partial charge in [0.25, 0.3) is 0 Å². The number of hydrogen-bond acceptors (Lipinski definition) is 16. The van der Waals surface area contributed by atoms with E-state index in [0.717, 1.165) is 132 Å². The second-order valence-corrected chi connectivity index (χ2v) is 26.9. The second kappa shape index (κ2) is 27.3. The number of benzene rings is 14. The van der Waals surface area contributed by atoms with Crippen LogP contribution in [-0.2, 0) is 0 Å². The van der Waals surface area contributed by atoms with Gasteiger partial charge in [-0.1, -0.05) is 291 Å². The zero-order valence-corrected chi connectivity index (χ0v) is 59.3. The predicted molar refractivity (Wildman–Crippen MR) is 441 cm³/mol. The number of nitrogens with zero attached hydrogens (tertiary/aromatic N) is 12. The molecule has 0 aliphatic carbocycles. The highest BCUT2D eigenvalue weighted by atomic mass is 16.3. The van der Waals surface area contributed by atoms with Gasteiger partial charge in [-0.25, -0.2) is 59.8 Å². The van der Waals surface area contributed by atoms with E-state index in [2.05, 4.69) is 30.3 Å². The SMILES string of the molecule is c1ccc(-c2nc(-c3ccccc3)nc(-c3cccc4c3oc3cccc(-c5nc(-c6ccccc6)nc(-c6cccc7c6oc6ccccc67)n5)c34)n2)cc1.c1ccc(-c2nc(-c3ccccc3)nc(-c3cccc4c3oc3cccc(-c5nc(-c6ccccc6)nc(-c6cccc7oc8ccccc8c67)n5)c34)n2)cc1. The lowest BCUT2D eigenvalue weighted by Gasteiger charge is -2.10. The third-order valence-corrected chi connectivity index (χ3v) is 20.0. The third kappa shape index (κ3) is 11.6. The first kappa shape index (κ1) is 64.7. The van der Waals surface area contributed by atoms with Crippen molar-refractivity contribution in [2.75, 3.05) is 0 Å². The van der Waals surface area contributed by atoms with E-state index >= 15 is 0 Å². The molecule has 0 atom stereocenters. The standard InChI is InChI=1S/2C48H28N6O2/c1-4-15-29(16-5-1)43-49-44(30-17-6-2-7-18-30)52-47(51-43)37-26-13-23-34-40-35(24-14-28-39(40)56-42(34)37)46-50-45(31-19-8-3-9-20-31)53-48(54-46)36-25-12-22-33-32-21-10-11-27-38(32)55-41(33)36;1-4-15-29(16-5-1)43-49-44(30-17-6-2-7-18-30)53-48(52-43)36-25-12-22-33-41-35(24-14-28-39(41)56-42(33)36)47-51-45(31-19-8-3-9-20-31)50-46(54-47)34-23-13-27-38-40(34)32-21-10-11-26-37(32)55-38/h2*1-28H. The quantitative estimate of drug-likeness (QED) is 0.111. The molecule has 0 saturated heterocycles. The highest BCUT2D eigenvalue weighted by Crippen LogP contribution is 2.45. The van der Waals surface area contributed by atoms with Crippen molar-refractivity contribution in [3.05, 3.63) is 340 Å². The van der Waals surface area contributed by atoms with Crippen LogP contribution in [0.4, 0.5) is 0 Å². The first-order valence-electron chi connectivity index (χ1n) is 36.6. The molecule has 22 aromatic rings. The first-order chi connectivity index (χ1) is 55.5. The van der Waals surface area contributed by atoms with Gasteiger partial charge in [0, 0.05) is 93.2 Å². The van der Waals surface area contributed by atoms with Gasteiger partial charge in [-0.2, -0.15) is 0 Å². The van der Waals surface area contributed by atoms with E-state index < -0.39 is 0 Å². The Morgan fingerprint density at radius 2 is 0.339 bits per heavy atom. The monoisotopic (exact) mass is 1440 g/mol. The molecule has 8 heterocycles. The summed E-state index contributed by atoms with van der Waals surface area (Å²) in [5.74, 6) is 6.54. The fourth-order valence-electron chi connectivity index (χ4n) is 14.8. The molecule has 0 saturated carbocycles. The van der Waals surface area contributed by atoms with Crippen molar-refractivity contribution in [1.29, 1.82) is 0 Å². The van der Waals surface area contributed by atoms with E-state index in [9.17, 15) is 0 Å². The highest BCUT2D eigenvalue weighted by Gasteiger charge is 2.27. The molecule has 0 unspecified atom stereocenters. The van der Waals surface area contributed by atoms with Crippen LogP contribution in [0.5, 0.6) is 0 Å². The summed E-state index contributed by atoms with van der Waals surface area (Å²) in [5.41, 5.74) is 15.9. The van der Waals surface area contributed by atoms with Crippen LogP contribution in [0.3, 0.4) is 0 Å². The molecular weight excluding hydrogens is 1390 g/mol. The summed E-state index contributed by atoms with van der Waals surface area (Å²) in [7, 11) is 0. The Bertz CT molecular complexity index is 7260. The lowest BCUT2D eigenvalue weighted by Crippen LogP contribution is -2.00. The maximum Gasteiger partial charge on any atom is 0.167 e. The van der Waals surface area contributed by atoms with Crippen LogP contribution in [0.25, 0.3) is 224 Å². The molecule has 0 radical (unpaired) electrons. The van der Waals surface area contributed by atoms with Crippen LogP contribution in [0.2, 0.25) is 0 Å². The summed E-state index contributed by atoms with van der Waals surface area (Å²) in [5, 5.41) is 7.54. The van der Waals surface area contributed by atoms with Crippen molar-refractivity contribution in [3.63, 3.8) is 0 Å². The van der Waals surface area contributed by atoms with Gasteiger partial charge in [0.05, 0.1) is 16.7 Å². The molecule has 16 heteroatoms. The lowest BCUT2D eigenvalue weighted by atomic mass is 10.0. The van der Waals surface area contributed by atoms with Gasteiger partial charge in [-0.3, -0.25) is 0 Å². The smallest absolute Gasteiger partial charge is 0.167 e.